The van der Waals surface area contributed by atoms with E-state index < -0.39 is 53.4 Å². The Morgan fingerprint density at radius 2 is 0.894 bits per heavy atom. The number of hydrogen-bond donors (Lipinski definition) is 7. The number of aliphatic imine (C=N–C) groups is 3. The molecule has 2 saturated heterocycles. The first-order valence-corrected chi connectivity index (χ1v) is 38.3. The number of amides is 8. The molecule has 29 nitrogen and oxygen atoms in total. The zero-order valence-corrected chi connectivity index (χ0v) is 72.5. The van der Waals surface area contributed by atoms with E-state index in [1.165, 1.54) is 43.7 Å². The molecule has 2 aromatic rings. The van der Waals surface area contributed by atoms with Crippen molar-refractivity contribution in [1.29, 1.82) is 0 Å². The number of ether oxygens (including phenoxy) is 1. The number of nitrogens with zero attached hydrogens (tertiary/aromatic N) is 8. The number of aliphatic carboxylic acids is 1. The number of benzene rings is 2. The summed E-state index contributed by atoms with van der Waals surface area (Å²) in [6.45, 7) is 18.3. The first kappa shape index (κ1) is 120. The molecule has 5 heterocycles. The van der Waals surface area contributed by atoms with Crippen LogP contribution in [-0.4, -0.2) is 266 Å². The van der Waals surface area contributed by atoms with Gasteiger partial charge in [-0.15, -0.1) is 0 Å². The number of thiocarbonyl (C=S) groups is 1. The van der Waals surface area contributed by atoms with Gasteiger partial charge in [0, 0.05) is 94.6 Å². The number of aliphatic hydroxyl groups is 1. The van der Waals surface area contributed by atoms with Crippen LogP contribution in [0.4, 0.5) is 0 Å². The Labute approximate surface area is 721 Å². The summed E-state index contributed by atoms with van der Waals surface area (Å²) in [5.74, 6) is -4.30. The second-order valence-corrected chi connectivity index (χ2v) is 27.3. The number of nitrogens with two attached hydrogens (primary N) is 1. The van der Waals surface area contributed by atoms with Crippen molar-refractivity contribution in [1.82, 2.24) is 45.8 Å². The second-order valence-electron chi connectivity index (χ2n) is 25.2. The maximum absolute atomic E-state index is 12.5. The van der Waals surface area contributed by atoms with Gasteiger partial charge in [-0.2, -0.15) is 27.0 Å². The van der Waals surface area contributed by atoms with E-state index in [1.54, 1.807) is 85.8 Å². The number of aliphatic hydroxyl groups excluding tert-OH is 1. The maximum atomic E-state index is 12.5. The number of carboxylic acids is 1. The Hall–Kier alpha value is -6.28. The fraction of sp³-hybridized carbons (Fsp3) is 0.632. The number of hydrogen-bond acceptors (Lipinski definition) is 20. The fourth-order valence-electron chi connectivity index (χ4n) is 10.0. The van der Waals surface area contributed by atoms with Gasteiger partial charge in [-0.05, 0) is 103 Å². The predicted octanol–water partition coefficient (Wildman–Crippen LogP) is 6.78. The van der Waals surface area contributed by atoms with Gasteiger partial charge >= 0.3 is 42.6 Å². The summed E-state index contributed by atoms with van der Waals surface area (Å²) in [7, 11) is 8.78. The zero-order chi connectivity index (χ0) is 81.0. The molecule has 0 aromatic heterocycles. The van der Waals surface area contributed by atoms with E-state index in [9.17, 15) is 62.6 Å². The summed E-state index contributed by atoms with van der Waals surface area (Å²) in [5, 5.41) is 28.4. The summed E-state index contributed by atoms with van der Waals surface area (Å²) in [6.07, 6.45) is 18.8. The minimum absolute atomic E-state index is 0. The minimum atomic E-state index is -1.08. The number of unbranched alkanes of at least 4 members (excludes halogenated alkanes) is 13. The van der Waals surface area contributed by atoms with E-state index >= 15 is 0 Å². The molecule has 37 heteroatoms. The van der Waals surface area contributed by atoms with Crippen LogP contribution in [0.2, 0.25) is 20.1 Å². The number of carbonyl (C=O) groups excluding carboxylic acids is 11. The van der Waals surface area contributed by atoms with Gasteiger partial charge in [0.1, 0.15) is 6.04 Å². The number of ketones is 2. The van der Waals surface area contributed by atoms with Crippen LogP contribution in [0.5, 0.6) is 0 Å². The molecule has 7 rings (SSSR count). The third-order valence-corrected chi connectivity index (χ3v) is 17.9. The van der Waals surface area contributed by atoms with Crippen LogP contribution >= 0.6 is 85.6 Å². The standard InChI is InChI=1S/C24H33Cl2N3O3.C23H31Cl2N3O4.C6H10N2O.C5H8N2O2.C5H8N2OS.C5H8O3.C4H11N.C2H6O.2CH4.Li.H2O.2H2S/c1-17(30)20(28-23(31)22-18(25)11-10-12-19(22)26)13-8-6-4-3-5-7-9-14-21-24(32)29(2)16-15-27-21;1-28-15-14-26-18(22(28)30)12-7-5-3-2-4-6-8-13-19(23(31)32)27-21(29)20-16(24)10-9-11-17(20)25;1-5-6(9)8(2)4-3-7-5;1-7-3-2-6-4(8)5(7)9;1-7-3-2-6-4(9)5(7)8;1-3-8-5(7)4(2)6;1-2-3-4-5;1-2-3;;;;;;/h10-12,20H,3-9,13-16H2,1-2H3,(H,28,31);9-11,19H,2-8,12-15H2,1H3,(H,27,29)(H,31,32);3-4H2,1-2H3;2-3H2,1H3,(H,6,8);2-3H2,1H3,(H,6,9);3H2,1-2H3;2-5H2,1H3;3H,2H2,1H3;2*1H4;;3*1H2/q;;;;;;;;;;+1;;;/p-1/t20-;19-;;;;;;;;;;;;/m00............/s1. The van der Waals surface area contributed by atoms with E-state index in [1.807, 2.05) is 14.1 Å². The Bertz CT molecular complexity index is 3100. The largest absolute Gasteiger partial charge is 1.00 e. The Morgan fingerprint density at radius 1 is 0.549 bits per heavy atom. The average molecular weight is 1720 g/mol. The molecule has 2 aromatic carbocycles. The number of halogens is 4. The predicted molar refractivity (Wildman–Crippen MR) is 461 cm³/mol. The quantitative estimate of drug-likeness (QED) is 0.0139. The van der Waals surface area contributed by atoms with Crippen LogP contribution in [0.15, 0.2) is 51.4 Å². The molecular formula is C76H128Cl4LiN13O16S3. The average Bonchev–Trinajstić information content (AvgIpc) is 0.839. The van der Waals surface area contributed by atoms with Crippen molar-refractivity contribution in [2.75, 3.05) is 120 Å². The monoisotopic (exact) mass is 1720 g/mol. The van der Waals surface area contributed by atoms with Gasteiger partial charge < -0.3 is 71.9 Å². The molecule has 9 N–H and O–H groups in total. The summed E-state index contributed by atoms with van der Waals surface area (Å²) < 4.78 is 4.31. The van der Waals surface area contributed by atoms with Gasteiger partial charge in [-0.1, -0.05) is 176 Å². The number of carbonyl (C=O) groups is 12. The van der Waals surface area contributed by atoms with Crippen molar-refractivity contribution in [3.05, 3.63) is 67.6 Å². The zero-order valence-electron chi connectivity index (χ0n) is 66.7. The Morgan fingerprint density at radius 3 is 1.19 bits per heavy atom. The van der Waals surface area contributed by atoms with Crippen molar-refractivity contribution >= 4 is 178 Å². The van der Waals surface area contributed by atoms with Crippen molar-refractivity contribution in [3.63, 3.8) is 0 Å². The first-order chi connectivity index (χ1) is 50.8. The summed E-state index contributed by atoms with van der Waals surface area (Å²) in [4.78, 5) is 157. The third-order valence-electron chi connectivity index (χ3n) is 16.4. The molecule has 0 bridgehead atoms. The number of likely N-dealkylation sites (N-methyl/N-ethyl adjacent to an activating group) is 5. The van der Waals surface area contributed by atoms with Gasteiger partial charge in [0.25, 0.3) is 35.4 Å². The van der Waals surface area contributed by atoms with E-state index in [4.69, 9.17) is 69.5 Å². The van der Waals surface area contributed by atoms with Crippen molar-refractivity contribution in [3.8, 4) is 0 Å². The van der Waals surface area contributed by atoms with Crippen molar-refractivity contribution in [2.45, 2.75) is 197 Å². The van der Waals surface area contributed by atoms with Gasteiger partial charge in [0.2, 0.25) is 5.78 Å². The molecule has 5 aliphatic heterocycles. The molecule has 8 amide bonds. The van der Waals surface area contributed by atoms with Crippen molar-refractivity contribution < 1.29 is 96.8 Å². The second kappa shape index (κ2) is 71.1. The molecule has 0 spiro atoms. The van der Waals surface area contributed by atoms with Crippen LogP contribution in [0.1, 0.15) is 206 Å². The molecular weight excluding hydrogens is 1600 g/mol. The molecule has 113 heavy (non-hydrogen) atoms. The van der Waals surface area contributed by atoms with Gasteiger partial charge in [-0.3, -0.25) is 62.9 Å². The normalized spacial score (nSPS) is 14.3. The summed E-state index contributed by atoms with van der Waals surface area (Å²) in [5.41, 5.74) is 7.47. The van der Waals surface area contributed by atoms with Gasteiger partial charge in [-0.25, -0.2) is 9.59 Å². The molecule has 0 unspecified atom stereocenters. The van der Waals surface area contributed by atoms with Crippen LogP contribution in [0.25, 0.3) is 0 Å². The van der Waals surface area contributed by atoms with E-state index in [2.05, 4.69) is 47.9 Å². The van der Waals surface area contributed by atoms with Crippen LogP contribution < -0.4 is 45.9 Å². The van der Waals surface area contributed by atoms with Crippen LogP contribution in [0.3, 0.4) is 0 Å². The molecule has 2 atom stereocenters. The number of rotatable bonds is 30. The molecule has 640 valence electrons. The van der Waals surface area contributed by atoms with Crippen molar-refractivity contribution in [2.24, 2.45) is 20.7 Å². The van der Waals surface area contributed by atoms with E-state index in [-0.39, 0.29) is 140 Å². The van der Waals surface area contributed by atoms with E-state index in [0.29, 0.717) is 80.7 Å². The maximum Gasteiger partial charge on any atom is 1.00 e. The fourth-order valence-corrected chi connectivity index (χ4v) is 11.4. The van der Waals surface area contributed by atoms with Crippen LogP contribution in [-0.2, 0) is 52.7 Å². The number of Topliss-reactive ketones (excluding diaryl/α,β-unsaturated/α-hetero) is 2. The molecule has 0 saturated carbocycles. The first-order valence-electron chi connectivity index (χ1n) is 36.4. The molecule has 2 fully saturated rings. The number of nitrogens with one attached hydrogen (secondary N) is 4. The summed E-state index contributed by atoms with van der Waals surface area (Å²) >= 11 is 28.9. The summed E-state index contributed by atoms with van der Waals surface area (Å²) in [6, 6.07) is 8.05. The van der Waals surface area contributed by atoms with Gasteiger partial charge in [0.15, 0.2) is 10.8 Å². The smallest absolute Gasteiger partial charge is 0.870 e. The topological polar surface area (TPSA) is 412 Å². The number of piperazine rings is 2. The molecule has 5 aliphatic rings. The molecule has 0 aliphatic carbocycles. The van der Waals surface area contributed by atoms with Crippen LogP contribution in [0, 0.1) is 0 Å². The number of esters is 1. The van der Waals surface area contributed by atoms with E-state index in [0.717, 1.165) is 129 Å². The third kappa shape index (κ3) is 51.4. The van der Waals surface area contributed by atoms with Gasteiger partial charge in [0.05, 0.1) is 80.6 Å². The Kier molecular flexibility index (Phi) is 75.4. The number of carboxylic acid groups (broad SMARTS) is 1. The minimum Gasteiger partial charge on any atom is -0.870 e. The molecule has 0 radical (unpaired) electrons. The SMILES string of the molecule is C.C.CC(=O)[C@H](CCCCCCCCCC1=NCCN(C)C1=O)NC(=O)c1c(Cl)cccc1Cl.CC1=NCCN(C)C1=O.CCCCN.CCO.CCOC(=O)C(C)=O.CN1CCN=C(CCCCCCCCC[C@H](NC(=O)c2c(Cl)cccc2Cl)C(=O)O)C1=O.CN1CCNC(=O)C1=O.CN1CCNC(=S)C1=O.S.S.[Li+].[OH-]. The Balaban J connectivity index is -0.000000254.